The zero-order valence-corrected chi connectivity index (χ0v) is 11.3. The molecule has 1 aliphatic heterocycles. The third-order valence-corrected chi connectivity index (χ3v) is 3.59. The minimum atomic E-state index is 0.201. The molecule has 19 heavy (non-hydrogen) atoms. The Hall–Kier alpha value is -1.87. The molecule has 0 spiro atoms. The minimum Gasteiger partial charge on any atom is -0.493 e. The molecule has 0 bridgehead atoms. The van der Waals surface area contributed by atoms with Gasteiger partial charge < -0.3 is 10.1 Å². The quantitative estimate of drug-likeness (QED) is 0.914. The fraction of sp³-hybridized carbons (Fsp3) is 0.312. The van der Waals surface area contributed by atoms with Crippen molar-refractivity contribution in [3.8, 4) is 5.75 Å². The molecular formula is C16H18N2O. The third kappa shape index (κ3) is 2.34. The average molecular weight is 254 g/mol. The first-order chi connectivity index (χ1) is 9.28. The Kier molecular flexibility index (Phi) is 3.22. The monoisotopic (exact) mass is 254 g/mol. The summed E-state index contributed by atoms with van der Waals surface area (Å²) in [6.45, 7) is 2.82. The van der Waals surface area contributed by atoms with Crippen LogP contribution in [0.25, 0.3) is 0 Å². The highest BCUT2D eigenvalue weighted by molar-refractivity contribution is 5.43. The second-order valence-corrected chi connectivity index (χ2v) is 4.92. The Morgan fingerprint density at radius 2 is 2.05 bits per heavy atom. The standard InChI is InChI=1S/C16H18N2O/c1-11-9-14(5-7-18-11)16(17-2)13-3-4-15-12(10-13)6-8-19-15/h3-5,7,9-10,16-17H,6,8H2,1-2H3. The number of pyridine rings is 1. The molecule has 1 unspecified atom stereocenters. The molecule has 3 rings (SSSR count). The zero-order chi connectivity index (χ0) is 13.2. The van der Waals surface area contributed by atoms with Gasteiger partial charge in [-0.1, -0.05) is 12.1 Å². The maximum atomic E-state index is 5.56. The summed E-state index contributed by atoms with van der Waals surface area (Å²) in [7, 11) is 1.99. The molecule has 0 amide bonds. The molecule has 0 fully saturated rings. The summed E-state index contributed by atoms with van der Waals surface area (Å²) in [6.07, 6.45) is 2.88. The van der Waals surface area contributed by atoms with Crippen LogP contribution in [0.4, 0.5) is 0 Å². The normalized spacial score (nSPS) is 14.8. The van der Waals surface area contributed by atoms with E-state index in [9.17, 15) is 0 Å². The van der Waals surface area contributed by atoms with Crippen molar-refractivity contribution >= 4 is 0 Å². The van der Waals surface area contributed by atoms with Crippen LogP contribution in [0.3, 0.4) is 0 Å². The number of hydrogen-bond acceptors (Lipinski definition) is 3. The number of aryl methyl sites for hydroxylation is 1. The van der Waals surface area contributed by atoms with Gasteiger partial charge in [-0.3, -0.25) is 4.98 Å². The predicted octanol–water partition coefficient (Wildman–Crippen LogP) is 2.63. The highest BCUT2D eigenvalue weighted by atomic mass is 16.5. The summed E-state index contributed by atoms with van der Waals surface area (Å²) >= 11 is 0. The lowest BCUT2D eigenvalue weighted by Crippen LogP contribution is -2.18. The molecule has 1 atom stereocenters. The van der Waals surface area contributed by atoms with E-state index in [1.807, 2.05) is 20.2 Å². The van der Waals surface area contributed by atoms with Crippen molar-refractivity contribution in [2.45, 2.75) is 19.4 Å². The van der Waals surface area contributed by atoms with Crippen LogP contribution < -0.4 is 10.1 Å². The summed E-state index contributed by atoms with van der Waals surface area (Å²) < 4.78 is 5.56. The second-order valence-electron chi connectivity index (χ2n) is 4.92. The van der Waals surface area contributed by atoms with Gasteiger partial charge >= 0.3 is 0 Å². The van der Waals surface area contributed by atoms with Gasteiger partial charge in [0.2, 0.25) is 0 Å². The second kappa shape index (κ2) is 5.02. The van der Waals surface area contributed by atoms with E-state index in [2.05, 4.69) is 40.6 Å². The SMILES string of the molecule is CNC(c1ccnc(C)c1)c1ccc2c(c1)CCO2. The summed E-state index contributed by atoms with van der Waals surface area (Å²) in [5, 5.41) is 3.38. The molecule has 0 aliphatic carbocycles. The molecule has 1 aromatic carbocycles. The van der Waals surface area contributed by atoms with Gasteiger partial charge in [0.15, 0.2) is 0 Å². The van der Waals surface area contributed by atoms with Crippen LogP contribution in [-0.4, -0.2) is 18.6 Å². The number of rotatable bonds is 3. The van der Waals surface area contributed by atoms with Crippen molar-refractivity contribution in [2.24, 2.45) is 0 Å². The molecule has 0 radical (unpaired) electrons. The molecule has 0 saturated heterocycles. The van der Waals surface area contributed by atoms with E-state index < -0.39 is 0 Å². The van der Waals surface area contributed by atoms with Crippen molar-refractivity contribution in [3.63, 3.8) is 0 Å². The fourth-order valence-electron chi connectivity index (χ4n) is 2.66. The van der Waals surface area contributed by atoms with E-state index in [0.717, 1.165) is 24.5 Å². The molecule has 1 aromatic heterocycles. The Morgan fingerprint density at radius 1 is 1.21 bits per heavy atom. The number of hydrogen-bond donors (Lipinski definition) is 1. The number of aromatic nitrogens is 1. The first-order valence-electron chi connectivity index (χ1n) is 6.63. The van der Waals surface area contributed by atoms with E-state index in [-0.39, 0.29) is 6.04 Å². The van der Waals surface area contributed by atoms with Gasteiger partial charge in [0, 0.05) is 18.3 Å². The molecule has 0 saturated carbocycles. The lowest BCUT2D eigenvalue weighted by atomic mass is 9.97. The van der Waals surface area contributed by atoms with Crippen LogP contribution in [0.1, 0.15) is 28.4 Å². The van der Waals surface area contributed by atoms with Crippen molar-refractivity contribution in [1.82, 2.24) is 10.3 Å². The Bertz CT molecular complexity index is 595. The first-order valence-corrected chi connectivity index (χ1v) is 6.63. The van der Waals surface area contributed by atoms with Gasteiger partial charge in [0.05, 0.1) is 12.6 Å². The number of nitrogens with zero attached hydrogens (tertiary/aromatic N) is 1. The lowest BCUT2D eigenvalue weighted by molar-refractivity contribution is 0.357. The molecule has 3 nitrogen and oxygen atoms in total. The zero-order valence-electron chi connectivity index (χ0n) is 11.3. The molecule has 1 N–H and O–H groups in total. The maximum Gasteiger partial charge on any atom is 0.122 e. The minimum absolute atomic E-state index is 0.201. The summed E-state index contributed by atoms with van der Waals surface area (Å²) in [5.74, 6) is 1.03. The number of benzene rings is 1. The average Bonchev–Trinajstić information content (AvgIpc) is 2.87. The Morgan fingerprint density at radius 3 is 2.84 bits per heavy atom. The van der Waals surface area contributed by atoms with Crippen molar-refractivity contribution in [2.75, 3.05) is 13.7 Å². The van der Waals surface area contributed by atoms with Crippen molar-refractivity contribution < 1.29 is 4.74 Å². The molecule has 1 aliphatic rings. The van der Waals surface area contributed by atoms with Gasteiger partial charge in [-0.15, -0.1) is 0 Å². The first kappa shape index (κ1) is 12.2. The van der Waals surface area contributed by atoms with Gasteiger partial charge in [0.1, 0.15) is 5.75 Å². The van der Waals surface area contributed by atoms with E-state index in [0.29, 0.717) is 0 Å². The summed E-state index contributed by atoms with van der Waals surface area (Å²) in [4.78, 5) is 4.26. The molecule has 2 aromatic rings. The Balaban J connectivity index is 1.98. The van der Waals surface area contributed by atoms with Crippen LogP contribution in [0.2, 0.25) is 0 Å². The van der Waals surface area contributed by atoms with Crippen LogP contribution in [0.5, 0.6) is 5.75 Å². The van der Waals surface area contributed by atoms with Crippen LogP contribution in [-0.2, 0) is 6.42 Å². The third-order valence-electron chi connectivity index (χ3n) is 3.59. The van der Waals surface area contributed by atoms with Crippen molar-refractivity contribution in [3.05, 3.63) is 58.9 Å². The van der Waals surface area contributed by atoms with E-state index >= 15 is 0 Å². The molecule has 2 heterocycles. The highest BCUT2D eigenvalue weighted by Gasteiger charge is 2.17. The van der Waals surface area contributed by atoms with Gasteiger partial charge in [0.25, 0.3) is 0 Å². The topological polar surface area (TPSA) is 34.2 Å². The van der Waals surface area contributed by atoms with Crippen molar-refractivity contribution in [1.29, 1.82) is 0 Å². The van der Waals surface area contributed by atoms with Gasteiger partial charge in [-0.2, -0.15) is 0 Å². The van der Waals surface area contributed by atoms with Crippen LogP contribution in [0.15, 0.2) is 36.5 Å². The predicted molar refractivity (Wildman–Crippen MR) is 75.5 cm³/mol. The smallest absolute Gasteiger partial charge is 0.122 e. The molecule has 3 heteroatoms. The summed E-state index contributed by atoms with van der Waals surface area (Å²) in [6, 6.07) is 10.9. The number of nitrogens with one attached hydrogen (secondary N) is 1. The van der Waals surface area contributed by atoms with Crippen LogP contribution in [0, 0.1) is 6.92 Å². The van der Waals surface area contributed by atoms with Crippen LogP contribution >= 0.6 is 0 Å². The van der Waals surface area contributed by atoms with E-state index in [1.54, 1.807) is 0 Å². The van der Waals surface area contributed by atoms with E-state index in [1.165, 1.54) is 16.7 Å². The number of fused-ring (bicyclic) bond motifs is 1. The summed E-state index contributed by atoms with van der Waals surface area (Å²) in [5.41, 5.74) is 4.87. The molecular weight excluding hydrogens is 236 g/mol. The fourth-order valence-corrected chi connectivity index (χ4v) is 2.66. The lowest BCUT2D eigenvalue weighted by Gasteiger charge is -2.18. The Labute approximate surface area is 113 Å². The number of ether oxygens (including phenoxy) is 1. The largest absolute Gasteiger partial charge is 0.493 e. The van der Waals surface area contributed by atoms with E-state index in [4.69, 9.17) is 4.74 Å². The molecule has 98 valence electrons. The van der Waals surface area contributed by atoms with Gasteiger partial charge in [-0.05, 0) is 48.9 Å². The highest BCUT2D eigenvalue weighted by Crippen LogP contribution is 2.30. The van der Waals surface area contributed by atoms with Gasteiger partial charge in [-0.25, -0.2) is 0 Å². The maximum absolute atomic E-state index is 5.56.